The van der Waals surface area contributed by atoms with Gasteiger partial charge in [0.1, 0.15) is 0 Å². The van der Waals surface area contributed by atoms with Crippen LogP contribution in [0.15, 0.2) is 18.2 Å². The van der Waals surface area contributed by atoms with Gasteiger partial charge in [0.05, 0.1) is 24.7 Å². The van der Waals surface area contributed by atoms with E-state index in [1.54, 1.807) is 0 Å². The van der Waals surface area contributed by atoms with Crippen molar-refractivity contribution < 1.29 is 33.8 Å². The Bertz CT molecular complexity index is 605. The number of aliphatic hydroxyl groups excluding tert-OH is 1. The van der Waals surface area contributed by atoms with E-state index in [1.807, 2.05) is 0 Å². The lowest BCUT2D eigenvalue weighted by Gasteiger charge is -2.33. The minimum absolute atomic E-state index is 0.0115. The molecular weight excluding hydrogens is 322 g/mol. The zero-order chi connectivity index (χ0) is 17.7. The summed E-state index contributed by atoms with van der Waals surface area (Å²) >= 11 is 0. The van der Waals surface area contributed by atoms with Gasteiger partial charge in [-0.3, -0.25) is 10.1 Å². The van der Waals surface area contributed by atoms with Crippen molar-refractivity contribution in [3.8, 4) is 5.75 Å². The van der Waals surface area contributed by atoms with Crippen LogP contribution in [0, 0.1) is 10.1 Å². The standard InChI is InChI=1S/C15H19NO8/c1-21-10-6-13(15(18)22-2)24-14(7-10)23-12-4-3-9(8-17)5-11(12)16(19)20/h3-5,10,13-14,17H,6-8H2,1-2H3. The fraction of sp³-hybridized carbons (Fsp3) is 0.533. The first-order chi connectivity index (χ1) is 11.5. The van der Waals surface area contributed by atoms with Gasteiger partial charge in [-0.2, -0.15) is 0 Å². The molecule has 0 saturated carbocycles. The molecule has 1 aliphatic rings. The largest absolute Gasteiger partial charge is 0.467 e. The minimum Gasteiger partial charge on any atom is -0.467 e. The second-order valence-electron chi connectivity index (χ2n) is 5.24. The minimum atomic E-state index is -0.897. The molecule has 24 heavy (non-hydrogen) atoms. The SMILES string of the molecule is COC(=O)C1CC(OC)CC(Oc2ccc(CO)cc2[N+](=O)[O-])O1. The fourth-order valence-corrected chi connectivity index (χ4v) is 2.44. The smallest absolute Gasteiger partial charge is 0.335 e. The van der Waals surface area contributed by atoms with Gasteiger partial charge in [0.25, 0.3) is 0 Å². The third-order valence-electron chi connectivity index (χ3n) is 3.71. The summed E-state index contributed by atoms with van der Waals surface area (Å²) in [5, 5.41) is 20.3. The van der Waals surface area contributed by atoms with E-state index in [1.165, 1.54) is 32.4 Å². The number of nitro benzene ring substituents is 1. The van der Waals surface area contributed by atoms with Gasteiger partial charge in [-0.15, -0.1) is 0 Å². The van der Waals surface area contributed by atoms with Gasteiger partial charge in [0.15, 0.2) is 11.9 Å². The van der Waals surface area contributed by atoms with Crippen molar-refractivity contribution in [2.75, 3.05) is 14.2 Å². The van der Waals surface area contributed by atoms with Crippen molar-refractivity contribution in [1.82, 2.24) is 0 Å². The van der Waals surface area contributed by atoms with Crippen LogP contribution >= 0.6 is 0 Å². The molecule has 132 valence electrons. The highest BCUT2D eigenvalue weighted by atomic mass is 16.7. The maximum atomic E-state index is 11.7. The molecule has 0 aliphatic carbocycles. The molecule has 0 spiro atoms. The Morgan fingerprint density at radius 2 is 2.17 bits per heavy atom. The molecule has 3 atom stereocenters. The van der Waals surface area contributed by atoms with E-state index in [0.29, 0.717) is 18.4 Å². The molecule has 0 aromatic heterocycles. The summed E-state index contributed by atoms with van der Waals surface area (Å²) in [6.45, 7) is -0.322. The lowest BCUT2D eigenvalue weighted by Crippen LogP contribution is -2.43. The molecule has 1 aliphatic heterocycles. The molecule has 1 N–H and O–H groups in total. The maximum Gasteiger partial charge on any atom is 0.335 e. The Kier molecular flexibility index (Phi) is 6.07. The van der Waals surface area contributed by atoms with Gasteiger partial charge < -0.3 is 24.1 Å². The Morgan fingerprint density at radius 3 is 2.75 bits per heavy atom. The van der Waals surface area contributed by atoms with Crippen LogP contribution in [0.2, 0.25) is 0 Å². The molecule has 1 aromatic rings. The van der Waals surface area contributed by atoms with Gasteiger partial charge in [-0.25, -0.2) is 4.79 Å². The summed E-state index contributed by atoms with van der Waals surface area (Å²) in [4.78, 5) is 22.3. The predicted octanol–water partition coefficient (Wildman–Crippen LogP) is 1.16. The Hall–Kier alpha value is -2.23. The normalized spacial score (nSPS) is 23.5. The van der Waals surface area contributed by atoms with E-state index in [2.05, 4.69) is 4.74 Å². The number of carbonyl (C=O) groups is 1. The lowest BCUT2D eigenvalue weighted by atomic mass is 10.0. The van der Waals surface area contributed by atoms with Crippen LogP contribution in [-0.2, 0) is 25.6 Å². The van der Waals surface area contributed by atoms with Gasteiger partial charge in [0, 0.05) is 26.0 Å². The van der Waals surface area contributed by atoms with Crippen LogP contribution in [0.4, 0.5) is 5.69 Å². The van der Waals surface area contributed by atoms with E-state index in [-0.39, 0.29) is 24.1 Å². The molecule has 9 nitrogen and oxygen atoms in total. The Labute approximate surface area is 138 Å². The van der Waals surface area contributed by atoms with E-state index < -0.39 is 23.3 Å². The van der Waals surface area contributed by atoms with Crippen LogP contribution in [0.1, 0.15) is 18.4 Å². The van der Waals surface area contributed by atoms with E-state index in [9.17, 15) is 14.9 Å². The van der Waals surface area contributed by atoms with Crippen molar-refractivity contribution >= 4 is 11.7 Å². The summed E-state index contributed by atoms with van der Waals surface area (Å²) in [5.74, 6) is -0.571. The molecular formula is C15H19NO8. The second-order valence-corrected chi connectivity index (χ2v) is 5.24. The first-order valence-electron chi connectivity index (χ1n) is 7.29. The van der Waals surface area contributed by atoms with Gasteiger partial charge in [-0.05, 0) is 11.6 Å². The van der Waals surface area contributed by atoms with Gasteiger partial charge in [0.2, 0.25) is 6.29 Å². The summed E-state index contributed by atoms with van der Waals surface area (Å²) in [6.07, 6.45) is -1.44. The number of benzene rings is 1. The Morgan fingerprint density at radius 1 is 1.42 bits per heavy atom. The number of rotatable bonds is 6. The van der Waals surface area contributed by atoms with Gasteiger partial charge in [-0.1, -0.05) is 6.07 Å². The number of aliphatic hydroxyl groups is 1. The lowest BCUT2D eigenvalue weighted by molar-refractivity contribution is -0.386. The second kappa shape index (κ2) is 8.04. The molecule has 2 rings (SSSR count). The average molecular weight is 341 g/mol. The third kappa shape index (κ3) is 4.19. The number of hydrogen-bond donors (Lipinski definition) is 1. The molecule has 0 amide bonds. The number of ether oxygens (including phenoxy) is 4. The highest BCUT2D eigenvalue weighted by molar-refractivity contribution is 5.74. The zero-order valence-electron chi connectivity index (χ0n) is 13.3. The number of carbonyl (C=O) groups excluding carboxylic acids is 1. The average Bonchev–Trinajstić information content (AvgIpc) is 2.60. The van der Waals surface area contributed by atoms with Crippen LogP contribution in [-0.4, -0.2) is 48.7 Å². The topological polar surface area (TPSA) is 117 Å². The molecule has 0 bridgehead atoms. The Balaban J connectivity index is 2.19. The molecule has 0 radical (unpaired) electrons. The number of nitrogens with zero attached hydrogens (tertiary/aromatic N) is 1. The molecule has 9 heteroatoms. The van der Waals surface area contributed by atoms with Crippen molar-refractivity contribution in [2.45, 2.75) is 37.9 Å². The number of nitro groups is 1. The maximum absolute atomic E-state index is 11.7. The van der Waals surface area contributed by atoms with Crippen molar-refractivity contribution in [2.24, 2.45) is 0 Å². The molecule has 1 saturated heterocycles. The predicted molar refractivity (Wildman–Crippen MR) is 80.4 cm³/mol. The number of hydrogen-bond acceptors (Lipinski definition) is 8. The third-order valence-corrected chi connectivity index (χ3v) is 3.71. The highest BCUT2D eigenvalue weighted by Crippen LogP contribution is 2.32. The summed E-state index contributed by atoms with van der Waals surface area (Å²) in [7, 11) is 2.75. The molecule has 1 heterocycles. The first-order valence-corrected chi connectivity index (χ1v) is 7.29. The summed E-state index contributed by atoms with van der Waals surface area (Å²) < 4.78 is 21.0. The molecule has 1 aromatic carbocycles. The van der Waals surface area contributed by atoms with Crippen LogP contribution in [0.5, 0.6) is 5.75 Å². The number of methoxy groups -OCH3 is 2. The van der Waals surface area contributed by atoms with E-state index in [4.69, 9.17) is 19.3 Å². The molecule has 1 fully saturated rings. The van der Waals surface area contributed by atoms with Gasteiger partial charge >= 0.3 is 11.7 Å². The summed E-state index contributed by atoms with van der Waals surface area (Å²) in [5.41, 5.74) is 0.0973. The monoisotopic (exact) mass is 341 g/mol. The zero-order valence-corrected chi connectivity index (χ0v) is 13.3. The van der Waals surface area contributed by atoms with Crippen molar-refractivity contribution in [1.29, 1.82) is 0 Å². The van der Waals surface area contributed by atoms with Crippen LogP contribution in [0.3, 0.4) is 0 Å². The van der Waals surface area contributed by atoms with Crippen LogP contribution in [0.25, 0.3) is 0 Å². The van der Waals surface area contributed by atoms with Crippen molar-refractivity contribution in [3.63, 3.8) is 0 Å². The highest BCUT2D eigenvalue weighted by Gasteiger charge is 2.36. The van der Waals surface area contributed by atoms with E-state index in [0.717, 1.165) is 0 Å². The fourth-order valence-electron chi connectivity index (χ4n) is 2.44. The summed E-state index contributed by atoms with van der Waals surface area (Å²) in [6, 6.07) is 4.12. The first kappa shape index (κ1) is 18.1. The quantitative estimate of drug-likeness (QED) is 0.465. The molecule has 3 unspecified atom stereocenters. The van der Waals surface area contributed by atoms with Crippen molar-refractivity contribution in [3.05, 3.63) is 33.9 Å². The van der Waals surface area contributed by atoms with Crippen LogP contribution < -0.4 is 4.74 Å². The van der Waals surface area contributed by atoms with E-state index >= 15 is 0 Å². The number of esters is 1.